The molecule has 2 aromatic carbocycles. The average Bonchev–Trinajstić information content (AvgIpc) is 3.23. The summed E-state index contributed by atoms with van der Waals surface area (Å²) in [6.45, 7) is 3.29. The Hall–Kier alpha value is -2.79. The van der Waals surface area contributed by atoms with Crippen molar-refractivity contribution in [3.8, 4) is 0 Å². The first-order valence-electron chi connectivity index (χ1n) is 8.96. The van der Waals surface area contributed by atoms with Crippen molar-refractivity contribution in [2.24, 2.45) is 0 Å². The van der Waals surface area contributed by atoms with E-state index in [1.165, 1.54) is 16.6 Å². The molecule has 134 valence electrons. The van der Waals surface area contributed by atoms with Crippen molar-refractivity contribution in [2.45, 2.75) is 19.6 Å². The third-order valence-corrected chi connectivity index (χ3v) is 4.94. The van der Waals surface area contributed by atoms with Crippen LogP contribution in [0.5, 0.6) is 0 Å². The second-order valence-corrected chi connectivity index (χ2v) is 7.14. The van der Waals surface area contributed by atoms with Crippen LogP contribution in [0.4, 0.5) is 10.5 Å². The fourth-order valence-electron chi connectivity index (χ4n) is 3.46. The Bertz CT molecular complexity index is 919. The molecule has 1 aliphatic heterocycles. The normalized spacial score (nSPS) is 13.4. The minimum atomic E-state index is -0.0485. The number of amides is 2. The predicted molar refractivity (Wildman–Crippen MR) is 105 cm³/mol. The van der Waals surface area contributed by atoms with Gasteiger partial charge in [-0.3, -0.25) is 0 Å². The van der Waals surface area contributed by atoms with E-state index >= 15 is 0 Å². The summed E-state index contributed by atoms with van der Waals surface area (Å²) in [5, 5.41) is 4.18. The lowest BCUT2D eigenvalue weighted by Gasteiger charge is -2.16. The van der Waals surface area contributed by atoms with Crippen molar-refractivity contribution in [2.75, 3.05) is 26.0 Å². The summed E-state index contributed by atoms with van der Waals surface area (Å²) in [5.41, 5.74) is 4.49. The lowest BCUT2D eigenvalue weighted by Crippen LogP contribution is -2.30. The van der Waals surface area contributed by atoms with Crippen molar-refractivity contribution in [3.05, 3.63) is 65.9 Å². The number of nitrogens with one attached hydrogen (secondary N) is 1. The number of carbonyl (C=O) groups is 1. The van der Waals surface area contributed by atoms with Crippen LogP contribution < -0.4 is 5.32 Å². The van der Waals surface area contributed by atoms with Gasteiger partial charge < -0.3 is 19.7 Å². The summed E-state index contributed by atoms with van der Waals surface area (Å²) in [4.78, 5) is 16.6. The fourth-order valence-corrected chi connectivity index (χ4v) is 3.46. The van der Waals surface area contributed by atoms with Crippen LogP contribution in [0.1, 0.15) is 11.1 Å². The number of carbonyl (C=O) groups excluding carboxylic acids is 1. The number of aromatic nitrogens is 1. The highest BCUT2D eigenvalue weighted by molar-refractivity contribution is 5.93. The van der Waals surface area contributed by atoms with E-state index in [2.05, 4.69) is 59.3 Å². The molecular weight excluding hydrogens is 324 g/mol. The molecule has 5 heteroatoms. The minimum Gasteiger partial charge on any atom is -0.346 e. The van der Waals surface area contributed by atoms with Gasteiger partial charge in [0.2, 0.25) is 0 Å². The van der Waals surface area contributed by atoms with Gasteiger partial charge in [-0.15, -0.1) is 0 Å². The largest absolute Gasteiger partial charge is 0.346 e. The molecule has 1 N–H and O–H groups in total. The second kappa shape index (κ2) is 6.84. The highest BCUT2D eigenvalue weighted by atomic mass is 16.2. The van der Waals surface area contributed by atoms with Crippen LogP contribution in [0.2, 0.25) is 0 Å². The molecule has 2 amide bonds. The topological polar surface area (TPSA) is 40.5 Å². The molecule has 0 fully saturated rings. The summed E-state index contributed by atoms with van der Waals surface area (Å²) in [6.07, 6.45) is 2.11. The molecule has 3 aromatic rings. The molecule has 5 nitrogen and oxygen atoms in total. The van der Waals surface area contributed by atoms with E-state index < -0.39 is 0 Å². The van der Waals surface area contributed by atoms with Gasteiger partial charge in [-0.2, -0.15) is 0 Å². The molecule has 1 aliphatic rings. The second-order valence-electron chi connectivity index (χ2n) is 7.14. The molecule has 4 rings (SSSR count). The van der Waals surface area contributed by atoms with Crippen molar-refractivity contribution in [1.29, 1.82) is 0 Å². The Balaban J connectivity index is 1.45. The zero-order valence-electron chi connectivity index (χ0n) is 15.3. The summed E-state index contributed by atoms with van der Waals surface area (Å²) in [5.74, 6) is 0. The third kappa shape index (κ3) is 3.30. The molecule has 0 bridgehead atoms. The molecule has 0 saturated carbocycles. The van der Waals surface area contributed by atoms with Crippen LogP contribution in [-0.4, -0.2) is 41.0 Å². The molecule has 0 radical (unpaired) electrons. The maximum absolute atomic E-state index is 12.6. The zero-order chi connectivity index (χ0) is 18.1. The van der Waals surface area contributed by atoms with Gasteiger partial charge in [0.15, 0.2) is 0 Å². The number of fused-ring (bicyclic) bond motifs is 2. The van der Waals surface area contributed by atoms with Gasteiger partial charge in [-0.25, -0.2) is 4.79 Å². The van der Waals surface area contributed by atoms with Crippen LogP contribution in [0, 0.1) is 0 Å². The van der Waals surface area contributed by atoms with Gasteiger partial charge in [0.1, 0.15) is 0 Å². The highest BCUT2D eigenvalue weighted by Gasteiger charge is 2.22. The van der Waals surface area contributed by atoms with Crippen LogP contribution >= 0.6 is 0 Å². The maximum atomic E-state index is 12.6. The highest BCUT2D eigenvalue weighted by Crippen LogP contribution is 2.24. The Morgan fingerprint density at radius 1 is 1.08 bits per heavy atom. The quantitative estimate of drug-likeness (QED) is 0.780. The number of benzene rings is 2. The van der Waals surface area contributed by atoms with Crippen LogP contribution in [-0.2, 0) is 19.6 Å². The van der Waals surface area contributed by atoms with Gasteiger partial charge >= 0.3 is 6.03 Å². The standard InChI is InChI=1S/C21H24N4O/c1-23(2)11-12-24-10-9-16-13-19(7-8-20(16)24)22-21(26)25-14-17-5-3-4-6-18(17)15-25/h3-10,13H,11-12,14-15H2,1-2H3,(H,22,26). The zero-order valence-corrected chi connectivity index (χ0v) is 15.3. The monoisotopic (exact) mass is 348 g/mol. The molecule has 0 spiro atoms. The van der Waals surface area contributed by atoms with Gasteiger partial charge in [-0.1, -0.05) is 24.3 Å². The summed E-state index contributed by atoms with van der Waals surface area (Å²) >= 11 is 0. The van der Waals surface area contributed by atoms with Gasteiger partial charge in [-0.05, 0) is 49.5 Å². The van der Waals surface area contributed by atoms with Crippen LogP contribution in [0.3, 0.4) is 0 Å². The Morgan fingerprint density at radius 3 is 2.50 bits per heavy atom. The third-order valence-electron chi connectivity index (χ3n) is 4.94. The summed E-state index contributed by atoms with van der Waals surface area (Å²) in [6, 6.07) is 16.4. The maximum Gasteiger partial charge on any atom is 0.322 e. The lowest BCUT2D eigenvalue weighted by atomic mass is 10.1. The first-order valence-corrected chi connectivity index (χ1v) is 8.96. The van der Waals surface area contributed by atoms with E-state index in [1.54, 1.807) is 0 Å². The number of hydrogen-bond donors (Lipinski definition) is 1. The SMILES string of the molecule is CN(C)CCn1ccc2cc(NC(=O)N3Cc4ccccc4C3)ccc21. The van der Waals surface area contributed by atoms with E-state index in [4.69, 9.17) is 0 Å². The average molecular weight is 348 g/mol. The van der Waals surface area contributed by atoms with Gasteiger partial charge in [0, 0.05) is 49.0 Å². The van der Waals surface area contributed by atoms with Crippen molar-refractivity contribution in [1.82, 2.24) is 14.4 Å². The number of likely N-dealkylation sites (N-methyl/N-ethyl adjacent to an activating group) is 1. The molecular formula is C21H24N4O. The molecule has 0 atom stereocenters. The van der Waals surface area contributed by atoms with Crippen LogP contribution in [0.25, 0.3) is 10.9 Å². The van der Waals surface area contributed by atoms with Gasteiger partial charge in [0.05, 0.1) is 0 Å². The minimum absolute atomic E-state index is 0.0485. The Morgan fingerprint density at radius 2 is 1.81 bits per heavy atom. The molecule has 0 unspecified atom stereocenters. The summed E-state index contributed by atoms with van der Waals surface area (Å²) in [7, 11) is 4.16. The molecule has 2 heterocycles. The summed E-state index contributed by atoms with van der Waals surface area (Å²) < 4.78 is 2.25. The smallest absolute Gasteiger partial charge is 0.322 e. The van der Waals surface area contributed by atoms with E-state index in [0.29, 0.717) is 13.1 Å². The number of urea groups is 1. The molecule has 1 aromatic heterocycles. The molecule has 26 heavy (non-hydrogen) atoms. The van der Waals surface area contributed by atoms with E-state index in [0.717, 1.165) is 24.2 Å². The van der Waals surface area contributed by atoms with E-state index in [1.807, 2.05) is 29.2 Å². The fraction of sp³-hybridized carbons (Fsp3) is 0.286. The number of anilines is 1. The van der Waals surface area contributed by atoms with E-state index in [9.17, 15) is 4.79 Å². The Kier molecular flexibility index (Phi) is 4.39. The first-order chi connectivity index (χ1) is 12.6. The van der Waals surface area contributed by atoms with E-state index in [-0.39, 0.29) is 6.03 Å². The Labute approximate surface area is 153 Å². The van der Waals surface area contributed by atoms with Crippen LogP contribution in [0.15, 0.2) is 54.7 Å². The number of hydrogen-bond acceptors (Lipinski definition) is 2. The molecule has 0 aliphatic carbocycles. The first kappa shape index (κ1) is 16.7. The lowest BCUT2D eigenvalue weighted by molar-refractivity contribution is 0.212. The van der Waals surface area contributed by atoms with Crippen molar-refractivity contribution < 1.29 is 4.79 Å². The number of nitrogens with zero attached hydrogens (tertiary/aromatic N) is 3. The number of rotatable bonds is 4. The molecule has 0 saturated heterocycles. The van der Waals surface area contributed by atoms with Crippen molar-refractivity contribution in [3.63, 3.8) is 0 Å². The van der Waals surface area contributed by atoms with Gasteiger partial charge in [0.25, 0.3) is 0 Å². The predicted octanol–water partition coefficient (Wildman–Crippen LogP) is 3.75. The van der Waals surface area contributed by atoms with Crippen molar-refractivity contribution >= 4 is 22.6 Å².